The first-order chi connectivity index (χ1) is 13.0. The quantitative estimate of drug-likeness (QED) is 0.168. The lowest BCUT2D eigenvalue weighted by atomic mass is 9.85. The standard InChI is InChI=1S/C20H31FN4OS.HI/c1-14(2)24-19(26)15-5-4-6-17(13-15)25-20(22-3)23-11-12-27-18-9-7-16(21)8-10-18;/h7-10,14-15,17H,4-6,11-13H2,1-3H3,(H,24,26)(H2,22,23,25);1H. The van der Waals surface area contributed by atoms with Crippen LogP contribution in [0.4, 0.5) is 4.39 Å². The monoisotopic (exact) mass is 522 g/mol. The first-order valence-corrected chi connectivity index (χ1v) is 10.6. The molecule has 0 radical (unpaired) electrons. The van der Waals surface area contributed by atoms with Crippen LogP contribution in [0.15, 0.2) is 34.2 Å². The summed E-state index contributed by atoms with van der Waals surface area (Å²) in [5.74, 6) is 1.65. The second-order valence-electron chi connectivity index (χ2n) is 7.17. The first-order valence-electron chi connectivity index (χ1n) is 9.64. The summed E-state index contributed by atoms with van der Waals surface area (Å²) < 4.78 is 12.9. The zero-order valence-electron chi connectivity index (χ0n) is 16.8. The Morgan fingerprint density at radius 1 is 1.29 bits per heavy atom. The van der Waals surface area contributed by atoms with E-state index in [1.807, 2.05) is 13.8 Å². The fourth-order valence-corrected chi connectivity index (χ4v) is 3.99. The van der Waals surface area contributed by atoms with Gasteiger partial charge in [0.15, 0.2) is 5.96 Å². The van der Waals surface area contributed by atoms with E-state index >= 15 is 0 Å². The molecule has 1 fully saturated rings. The number of thioether (sulfide) groups is 1. The molecule has 0 heterocycles. The normalized spacial score (nSPS) is 19.7. The summed E-state index contributed by atoms with van der Waals surface area (Å²) in [7, 11) is 1.76. The van der Waals surface area contributed by atoms with Gasteiger partial charge in [0, 0.05) is 42.2 Å². The van der Waals surface area contributed by atoms with Gasteiger partial charge in [-0.3, -0.25) is 9.79 Å². The highest BCUT2D eigenvalue weighted by Gasteiger charge is 2.27. The van der Waals surface area contributed by atoms with Crippen molar-refractivity contribution in [1.29, 1.82) is 0 Å². The number of hydrogen-bond donors (Lipinski definition) is 3. The predicted octanol–water partition coefficient (Wildman–Crippen LogP) is 3.78. The Kier molecular flexibility index (Phi) is 11.8. The zero-order valence-corrected chi connectivity index (χ0v) is 20.0. The van der Waals surface area contributed by atoms with Crippen molar-refractivity contribution in [3.8, 4) is 0 Å². The zero-order chi connectivity index (χ0) is 19.6. The summed E-state index contributed by atoms with van der Waals surface area (Å²) in [4.78, 5) is 17.6. The third-order valence-corrected chi connectivity index (χ3v) is 5.53. The van der Waals surface area contributed by atoms with Crippen LogP contribution in [0.3, 0.4) is 0 Å². The van der Waals surface area contributed by atoms with Gasteiger partial charge in [-0.05, 0) is 57.4 Å². The minimum atomic E-state index is -0.213. The molecule has 1 aliphatic carbocycles. The van der Waals surface area contributed by atoms with Gasteiger partial charge in [-0.25, -0.2) is 4.39 Å². The van der Waals surface area contributed by atoms with E-state index in [-0.39, 0.29) is 53.7 Å². The molecule has 2 rings (SSSR count). The number of nitrogens with one attached hydrogen (secondary N) is 3. The maximum absolute atomic E-state index is 12.9. The van der Waals surface area contributed by atoms with Crippen LogP contribution in [-0.4, -0.2) is 43.3 Å². The third-order valence-electron chi connectivity index (χ3n) is 4.52. The van der Waals surface area contributed by atoms with Crippen molar-refractivity contribution in [2.24, 2.45) is 10.9 Å². The van der Waals surface area contributed by atoms with E-state index in [9.17, 15) is 9.18 Å². The second kappa shape index (κ2) is 13.2. The average Bonchev–Trinajstić information content (AvgIpc) is 2.65. The van der Waals surface area contributed by atoms with Crippen molar-refractivity contribution in [2.45, 2.75) is 56.5 Å². The molecule has 2 atom stereocenters. The van der Waals surface area contributed by atoms with Crippen LogP contribution < -0.4 is 16.0 Å². The Hall–Kier alpha value is -1.03. The molecule has 3 N–H and O–H groups in total. The van der Waals surface area contributed by atoms with Crippen molar-refractivity contribution in [3.63, 3.8) is 0 Å². The lowest BCUT2D eigenvalue weighted by Gasteiger charge is -2.30. The molecular weight excluding hydrogens is 490 g/mol. The fourth-order valence-electron chi connectivity index (χ4n) is 3.22. The number of carbonyl (C=O) groups excluding carboxylic acids is 1. The third kappa shape index (κ3) is 8.98. The first kappa shape index (κ1) is 25.0. The van der Waals surface area contributed by atoms with Crippen LogP contribution >= 0.6 is 35.7 Å². The molecule has 1 saturated carbocycles. The topological polar surface area (TPSA) is 65.5 Å². The smallest absolute Gasteiger partial charge is 0.223 e. The molecule has 28 heavy (non-hydrogen) atoms. The summed E-state index contributed by atoms with van der Waals surface area (Å²) in [6, 6.07) is 6.97. The average molecular weight is 522 g/mol. The van der Waals surface area contributed by atoms with Gasteiger partial charge in [0.25, 0.3) is 0 Å². The summed E-state index contributed by atoms with van der Waals surface area (Å²) in [5.41, 5.74) is 0. The lowest BCUT2D eigenvalue weighted by Crippen LogP contribution is -2.48. The number of carbonyl (C=O) groups is 1. The highest BCUT2D eigenvalue weighted by Crippen LogP contribution is 2.24. The van der Waals surface area contributed by atoms with Gasteiger partial charge >= 0.3 is 0 Å². The molecule has 0 aromatic heterocycles. The minimum absolute atomic E-state index is 0. The maximum Gasteiger partial charge on any atom is 0.223 e. The lowest BCUT2D eigenvalue weighted by molar-refractivity contribution is -0.126. The van der Waals surface area contributed by atoms with Gasteiger partial charge < -0.3 is 16.0 Å². The Bertz CT molecular complexity index is 627. The number of amides is 1. The number of rotatable bonds is 7. The van der Waals surface area contributed by atoms with E-state index in [1.54, 1.807) is 30.9 Å². The van der Waals surface area contributed by atoms with Crippen molar-refractivity contribution in [2.75, 3.05) is 19.3 Å². The number of guanidine groups is 1. The maximum atomic E-state index is 12.9. The molecular formula is C20H32FIN4OS. The van der Waals surface area contributed by atoms with Crippen LogP contribution in [0.2, 0.25) is 0 Å². The minimum Gasteiger partial charge on any atom is -0.356 e. The molecule has 1 aliphatic rings. The largest absolute Gasteiger partial charge is 0.356 e. The van der Waals surface area contributed by atoms with E-state index in [0.717, 1.165) is 48.8 Å². The molecule has 1 aromatic carbocycles. The van der Waals surface area contributed by atoms with E-state index in [2.05, 4.69) is 20.9 Å². The Labute approximate surface area is 189 Å². The van der Waals surface area contributed by atoms with Gasteiger partial charge in [-0.2, -0.15) is 0 Å². The van der Waals surface area contributed by atoms with E-state index in [0.29, 0.717) is 0 Å². The molecule has 0 bridgehead atoms. The van der Waals surface area contributed by atoms with Crippen molar-refractivity contribution < 1.29 is 9.18 Å². The van der Waals surface area contributed by atoms with E-state index < -0.39 is 0 Å². The molecule has 5 nitrogen and oxygen atoms in total. The van der Waals surface area contributed by atoms with Crippen molar-refractivity contribution >= 4 is 47.6 Å². The summed E-state index contributed by atoms with van der Waals surface area (Å²) in [6.45, 7) is 4.74. The fraction of sp³-hybridized carbons (Fsp3) is 0.600. The van der Waals surface area contributed by atoms with Crippen LogP contribution in [-0.2, 0) is 4.79 Å². The van der Waals surface area contributed by atoms with Crippen molar-refractivity contribution in [3.05, 3.63) is 30.1 Å². The van der Waals surface area contributed by atoms with Gasteiger partial charge in [0.05, 0.1) is 0 Å². The van der Waals surface area contributed by atoms with E-state index in [1.165, 1.54) is 12.1 Å². The predicted molar refractivity (Wildman–Crippen MR) is 126 cm³/mol. The van der Waals surface area contributed by atoms with Crippen molar-refractivity contribution in [1.82, 2.24) is 16.0 Å². The molecule has 0 saturated heterocycles. The van der Waals surface area contributed by atoms with Gasteiger partial charge in [-0.15, -0.1) is 35.7 Å². The summed E-state index contributed by atoms with van der Waals surface area (Å²) in [6.07, 6.45) is 3.89. The molecule has 0 aliphatic heterocycles. The van der Waals surface area contributed by atoms with Gasteiger partial charge in [0.1, 0.15) is 5.82 Å². The molecule has 0 spiro atoms. The number of benzene rings is 1. The molecule has 1 amide bonds. The highest BCUT2D eigenvalue weighted by atomic mass is 127. The van der Waals surface area contributed by atoms with E-state index in [4.69, 9.17) is 0 Å². The number of nitrogens with zero attached hydrogens (tertiary/aromatic N) is 1. The number of halogens is 2. The highest BCUT2D eigenvalue weighted by molar-refractivity contribution is 14.0. The molecule has 2 unspecified atom stereocenters. The number of aliphatic imine (C=N–C) groups is 1. The van der Waals surface area contributed by atoms with Crippen LogP contribution in [0.1, 0.15) is 39.5 Å². The van der Waals surface area contributed by atoms with Gasteiger partial charge in [-0.1, -0.05) is 6.42 Å². The van der Waals surface area contributed by atoms with Gasteiger partial charge in [0.2, 0.25) is 5.91 Å². The molecule has 8 heteroatoms. The summed E-state index contributed by atoms with van der Waals surface area (Å²) >= 11 is 1.67. The Balaban J connectivity index is 0.00000392. The van der Waals surface area contributed by atoms with Crippen LogP contribution in [0.5, 0.6) is 0 Å². The molecule has 1 aromatic rings. The Morgan fingerprint density at radius 3 is 2.64 bits per heavy atom. The van der Waals surface area contributed by atoms with Crippen LogP contribution in [0.25, 0.3) is 0 Å². The summed E-state index contributed by atoms with van der Waals surface area (Å²) in [5, 5.41) is 9.79. The Morgan fingerprint density at radius 2 is 2.00 bits per heavy atom. The van der Waals surface area contributed by atoms with Crippen LogP contribution in [0, 0.1) is 11.7 Å². The number of hydrogen-bond acceptors (Lipinski definition) is 3. The second-order valence-corrected chi connectivity index (χ2v) is 8.34. The molecule has 158 valence electrons. The SMILES string of the molecule is CN=C(NCCSc1ccc(F)cc1)NC1CCCC(C(=O)NC(C)C)C1.I.